The molecule has 1 aromatic rings. The number of hydrogen-bond donors (Lipinski definition) is 1. The third kappa shape index (κ3) is 3.25. The molecule has 104 valence electrons. The molecule has 0 spiro atoms. The molecule has 0 unspecified atom stereocenters. The van der Waals surface area contributed by atoms with Crippen LogP contribution in [0.25, 0.3) is 0 Å². The average Bonchev–Trinajstić information content (AvgIpc) is 2.76. The number of likely N-dealkylation sites (tertiary alicyclic amines) is 1. The Morgan fingerprint density at radius 2 is 2.32 bits per heavy atom. The van der Waals surface area contributed by atoms with Gasteiger partial charge in [0.05, 0.1) is 5.56 Å². The molecule has 1 saturated heterocycles. The van der Waals surface area contributed by atoms with Gasteiger partial charge in [0.1, 0.15) is 5.82 Å². The Labute approximate surface area is 115 Å². The maximum Gasteiger partial charge on any atom is 0.257 e. The van der Waals surface area contributed by atoms with E-state index < -0.39 is 0 Å². The molecule has 0 saturated carbocycles. The Balaban J connectivity index is 2.15. The summed E-state index contributed by atoms with van der Waals surface area (Å²) >= 11 is 0. The van der Waals surface area contributed by atoms with Crippen molar-refractivity contribution < 1.29 is 4.79 Å². The molecule has 1 N–H and O–H groups in total. The monoisotopic (exact) mass is 261 g/mol. The molecule has 0 aliphatic carbocycles. The molecule has 1 aromatic heterocycles. The van der Waals surface area contributed by atoms with Crippen molar-refractivity contribution in [1.29, 1.82) is 0 Å². The zero-order valence-electron chi connectivity index (χ0n) is 12.1. The van der Waals surface area contributed by atoms with Crippen LogP contribution in [0.5, 0.6) is 0 Å². The summed E-state index contributed by atoms with van der Waals surface area (Å²) in [6, 6.07) is 3.68. The van der Waals surface area contributed by atoms with Gasteiger partial charge in [0.25, 0.3) is 5.91 Å². The van der Waals surface area contributed by atoms with E-state index in [4.69, 9.17) is 0 Å². The highest BCUT2D eigenvalue weighted by atomic mass is 16.2. The van der Waals surface area contributed by atoms with E-state index in [1.54, 1.807) is 6.20 Å². The number of nitrogens with one attached hydrogen (secondary N) is 1. The molecule has 2 rings (SSSR count). The number of amides is 1. The van der Waals surface area contributed by atoms with E-state index in [1.165, 1.54) is 0 Å². The highest BCUT2D eigenvalue weighted by Crippen LogP contribution is 2.30. The van der Waals surface area contributed by atoms with E-state index in [0.717, 1.165) is 32.5 Å². The number of carbonyl (C=O) groups is 1. The van der Waals surface area contributed by atoms with Gasteiger partial charge in [0, 0.05) is 25.8 Å². The second kappa shape index (κ2) is 5.59. The van der Waals surface area contributed by atoms with E-state index in [2.05, 4.69) is 31.1 Å². The van der Waals surface area contributed by atoms with Crippen molar-refractivity contribution in [2.45, 2.75) is 33.6 Å². The third-order valence-electron chi connectivity index (χ3n) is 3.55. The minimum Gasteiger partial charge on any atom is -0.369 e. The SMILES string of the molecule is CCCNc1ncccc1C(=O)N1CCC(C)(C)C1. The summed E-state index contributed by atoms with van der Waals surface area (Å²) in [4.78, 5) is 18.8. The second-order valence-corrected chi connectivity index (χ2v) is 5.97. The summed E-state index contributed by atoms with van der Waals surface area (Å²) in [6.07, 6.45) is 3.81. The van der Waals surface area contributed by atoms with Crippen LogP contribution in [0.15, 0.2) is 18.3 Å². The first kappa shape index (κ1) is 13.8. The van der Waals surface area contributed by atoms with Crippen LogP contribution < -0.4 is 5.32 Å². The van der Waals surface area contributed by atoms with Gasteiger partial charge in [0.2, 0.25) is 0 Å². The fourth-order valence-corrected chi connectivity index (χ4v) is 2.42. The quantitative estimate of drug-likeness (QED) is 0.906. The number of carbonyl (C=O) groups excluding carboxylic acids is 1. The van der Waals surface area contributed by atoms with Gasteiger partial charge in [-0.1, -0.05) is 20.8 Å². The van der Waals surface area contributed by atoms with Gasteiger partial charge in [-0.3, -0.25) is 4.79 Å². The summed E-state index contributed by atoms with van der Waals surface area (Å²) < 4.78 is 0. The molecular weight excluding hydrogens is 238 g/mol. The Morgan fingerprint density at radius 3 is 2.95 bits per heavy atom. The van der Waals surface area contributed by atoms with Crippen molar-refractivity contribution in [3.63, 3.8) is 0 Å². The molecule has 0 atom stereocenters. The van der Waals surface area contributed by atoms with E-state index in [1.807, 2.05) is 17.0 Å². The molecule has 1 aliphatic heterocycles. The zero-order chi connectivity index (χ0) is 13.9. The van der Waals surface area contributed by atoms with Crippen LogP contribution in [0.2, 0.25) is 0 Å². The van der Waals surface area contributed by atoms with Gasteiger partial charge in [0.15, 0.2) is 0 Å². The van der Waals surface area contributed by atoms with Crippen LogP contribution in [0, 0.1) is 5.41 Å². The van der Waals surface area contributed by atoms with Gasteiger partial charge in [-0.05, 0) is 30.4 Å². The lowest BCUT2D eigenvalue weighted by Gasteiger charge is -2.21. The van der Waals surface area contributed by atoms with Crippen LogP contribution >= 0.6 is 0 Å². The predicted octanol–water partition coefficient (Wildman–Crippen LogP) is 2.78. The summed E-state index contributed by atoms with van der Waals surface area (Å²) in [5.41, 5.74) is 0.920. The van der Waals surface area contributed by atoms with Crippen molar-refractivity contribution in [1.82, 2.24) is 9.88 Å². The number of rotatable bonds is 4. The van der Waals surface area contributed by atoms with Gasteiger partial charge >= 0.3 is 0 Å². The number of anilines is 1. The van der Waals surface area contributed by atoms with E-state index in [9.17, 15) is 4.79 Å². The normalized spacial score (nSPS) is 17.5. The number of pyridine rings is 1. The molecule has 1 amide bonds. The first-order chi connectivity index (χ1) is 9.03. The average molecular weight is 261 g/mol. The van der Waals surface area contributed by atoms with Crippen molar-refractivity contribution >= 4 is 11.7 Å². The molecule has 0 radical (unpaired) electrons. The van der Waals surface area contributed by atoms with Gasteiger partial charge in [-0.2, -0.15) is 0 Å². The van der Waals surface area contributed by atoms with Crippen LogP contribution in [-0.2, 0) is 0 Å². The largest absolute Gasteiger partial charge is 0.369 e. The standard InChI is InChI=1S/C15H23N3O/c1-4-8-16-13-12(6-5-9-17-13)14(19)18-10-7-15(2,3)11-18/h5-6,9H,4,7-8,10-11H2,1-3H3,(H,16,17). The predicted molar refractivity (Wildman–Crippen MR) is 77.3 cm³/mol. The van der Waals surface area contributed by atoms with Gasteiger partial charge in [-0.25, -0.2) is 4.98 Å². The number of hydrogen-bond acceptors (Lipinski definition) is 3. The third-order valence-corrected chi connectivity index (χ3v) is 3.55. The summed E-state index contributed by atoms with van der Waals surface area (Å²) in [5, 5.41) is 3.23. The lowest BCUT2D eigenvalue weighted by atomic mass is 9.93. The molecule has 4 heteroatoms. The molecule has 0 bridgehead atoms. The van der Waals surface area contributed by atoms with E-state index in [-0.39, 0.29) is 11.3 Å². The van der Waals surface area contributed by atoms with Gasteiger partial charge in [-0.15, -0.1) is 0 Å². The van der Waals surface area contributed by atoms with E-state index in [0.29, 0.717) is 11.4 Å². The fourth-order valence-electron chi connectivity index (χ4n) is 2.42. The Hall–Kier alpha value is -1.58. The maximum absolute atomic E-state index is 12.6. The van der Waals surface area contributed by atoms with Crippen LogP contribution in [0.4, 0.5) is 5.82 Å². The van der Waals surface area contributed by atoms with Crippen LogP contribution in [0.1, 0.15) is 44.0 Å². The van der Waals surface area contributed by atoms with Crippen molar-refractivity contribution in [2.24, 2.45) is 5.41 Å². The molecule has 1 fully saturated rings. The Morgan fingerprint density at radius 1 is 1.53 bits per heavy atom. The smallest absolute Gasteiger partial charge is 0.257 e. The Kier molecular flexibility index (Phi) is 4.08. The minimum atomic E-state index is 0.0947. The van der Waals surface area contributed by atoms with Crippen LogP contribution in [-0.4, -0.2) is 35.4 Å². The van der Waals surface area contributed by atoms with Gasteiger partial charge < -0.3 is 10.2 Å². The summed E-state index contributed by atoms with van der Waals surface area (Å²) in [5.74, 6) is 0.802. The van der Waals surface area contributed by atoms with Crippen molar-refractivity contribution in [3.8, 4) is 0 Å². The lowest BCUT2D eigenvalue weighted by Crippen LogP contribution is -2.31. The zero-order valence-corrected chi connectivity index (χ0v) is 12.1. The number of aromatic nitrogens is 1. The Bertz CT molecular complexity index is 456. The fraction of sp³-hybridized carbons (Fsp3) is 0.600. The highest BCUT2D eigenvalue weighted by Gasteiger charge is 2.33. The first-order valence-electron chi connectivity index (χ1n) is 7.02. The lowest BCUT2D eigenvalue weighted by molar-refractivity contribution is 0.0779. The van der Waals surface area contributed by atoms with E-state index >= 15 is 0 Å². The minimum absolute atomic E-state index is 0.0947. The molecule has 19 heavy (non-hydrogen) atoms. The van der Waals surface area contributed by atoms with Crippen LogP contribution in [0.3, 0.4) is 0 Å². The maximum atomic E-state index is 12.6. The molecule has 2 heterocycles. The number of nitrogens with zero attached hydrogens (tertiary/aromatic N) is 2. The second-order valence-electron chi connectivity index (χ2n) is 5.97. The summed E-state index contributed by atoms with van der Waals surface area (Å²) in [7, 11) is 0. The molecule has 0 aromatic carbocycles. The molecular formula is C15H23N3O. The molecule has 1 aliphatic rings. The summed E-state index contributed by atoms with van der Waals surface area (Å²) in [6.45, 7) is 9.02. The van der Waals surface area contributed by atoms with Crippen molar-refractivity contribution in [2.75, 3.05) is 25.0 Å². The highest BCUT2D eigenvalue weighted by molar-refractivity contribution is 5.98. The van der Waals surface area contributed by atoms with Crippen molar-refractivity contribution in [3.05, 3.63) is 23.9 Å². The first-order valence-corrected chi connectivity index (χ1v) is 7.02. The molecule has 4 nitrogen and oxygen atoms in total. The topological polar surface area (TPSA) is 45.2 Å².